The van der Waals surface area contributed by atoms with Crippen LogP contribution in [0.25, 0.3) is 22.6 Å². The van der Waals surface area contributed by atoms with Gasteiger partial charge in [-0.25, -0.2) is 27.8 Å². The van der Waals surface area contributed by atoms with E-state index in [4.69, 9.17) is 0 Å². The number of fused-ring (bicyclic) bond motifs is 1. The third-order valence-electron chi connectivity index (χ3n) is 2.28. The first-order valence-electron chi connectivity index (χ1n) is 4.75. The Bertz CT molecular complexity index is 743. The molecule has 1 aromatic carbocycles. The maximum Gasteiger partial charge on any atom is 0.243 e. The maximum absolute atomic E-state index is 13.5. The van der Waals surface area contributed by atoms with Crippen molar-refractivity contribution in [1.29, 1.82) is 0 Å². The van der Waals surface area contributed by atoms with Gasteiger partial charge in [-0.2, -0.15) is 0 Å². The van der Waals surface area contributed by atoms with Gasteiger partial charge in [0, 0.05) is 11.6 Å². The molecule has 0 aliphatic heterocycles. The Morgan fingerprint density at radius 1 is 0.889 bits per heavy atom. The molecule has 0 aliphatic rings. The van der Waals surface area contributed by atoms with E-state index in [1.54, 1.807) is 0 Å². The number of halogens is 3. The van der Waals surface area contributed by atoms with Gasteiger partial charge in [-0.1, -0.05) is 0 Å². The number of aromatic nitrogens is 4. The van der Waals surface area contributed by atoms with E-state index in [0.29, 0.717) is 12.1 Å². The van der Waals surface area contributed by atoms with Crippen molar-refractivity contribution >= 4 is 11.3 Å². The minimum atomic E-state index is -1.27. The van der Waals surface area contributed by atoms with Crippen molar-refractivity contribution in [3.63, 3.8) is 0 Å². The molecule has 0 unspecified atom stereocenters. The number of rotatable bonds is 1. The summed E-state index contributed by atoms with van der Waals surface area (Å²) in [5.41, 5.74) is -0.0146. The highest BCUT2D eigenvalue weighted by atomic mass is 19.2. The fraction of sp³-hybridized carbons (Fsp3) is 0. The molecule has 0 amide bonds. The number of hydrogen-bond donors (Lipinski definition) is 0. The zero-order chi connectivity index (χ0) is 12.7. The van der Waals surface area contributed by atoms with Crippen LogP contribution in [0.5, 0.6) is 0 Å². The van der Waals surface area contributed by atoms with Crippen molar-refractivity contribution in [3.05, 3.63) is 35.8 Å². The van der Waals surface area contributed by atoms with E-state index in [1.807, 2.05) is 0 Å². The van der Waals surface area contributed by atoms with Crippen LogP contribution < -0.4 is 0 Å². The average molecular weight is 252 g/mol. The van der Waals surface area contributed by atoms with Crippen molar-refractivity contribution in [2.24, 2.45) is 0 Å². The SMILES string of the molecule is Fc1cc(F)c(-c2cnc3nonc3n2)cc1F. The van der Waals surface area contributed by atoms with Crippen molar-refractivity contribution in [1.82, 2.24) is 20.3 Å². The van der Waals surface area contributed by atoms with Gasteiger partial charge in [0.1, 0.15) is 5.82 Å². The molecule has 0 spiro atoms. The summed E-state index contributed by atoms with van der Waals surface area (Å²) in [6.45, 7) is 0. The van der Waals surface area contributed by atoms with Crippen LogP contribution in [0.2, 0.25) is 0 Å². The third-order valence-corrected chi connectivity index (χ3v) is 2.28. The normalized spacial score (nSPS) is 11.1. The summed E-state index contributed by atoms with van der Waals surface area (Å²) in [7, 11) is 0. The van der Waals surface area contributed by atoms with Gasteiger partial charge in [0.25, 0.3) is 0 Å². The van der Waals surface area contributed by atoms with Gasteiger partial charge in [0.05, 0.1) is 11.9 Å². The zero-order valence-corrected chi connectivity index (χ0v) is 8.56. The van der Waals surface area contributed by atoms with Crippen LogP contribution >= 0.6 is 0 Å². The highest BCUT2D eigenvalue weighted by Crippen LogP contribution is 2.23. The van der Waals surface area contributed by atoms with Gasteiger partial charge < -0.3 is 0 Å². The summed E-state index contributed by atoms with van der Waals surface area (Å²) in [5.74, 6) is -3.39. The zero-order valence-electron chi connectivity index (χ0n) is 8.56. The second kappa shape index (κ2) is 3.76. The van der Waals surface area contributed by atoms with Gasteiger partial charge in [0.15, 0.2) is 11.6 Å². The molecular weight excluding hydrogens is 249 g/mol. The molecule has 18 heavy (non-hydrogen) atoms. The van der Waals surface area contributed by atoms with E-state index in [9.17, 15) is 13.2 Å². The largest absolute Gasteiger partial charge is 0.243 e. The van der Waals surface area contributed by atoms with Gasteiger partial charge in [0.2, 0.25) is 11.3 Å². The molecule has 0 saturated heterocycles. The average Bonchev–Trinajstić information content (AvgIpc) is 2.80. The van der Waals surface area contributed by atoms with Gasteiger partial charge in [-0.15, -0.1) is 0 Å². The molecular formula is C10H3F3N4O. The molecule has 0 fully saturated rings. The lowest BCUT2D eigenvalue weighted by molar-refractivity contribution is 0.314. The topological polar surface area (TPSA) is 64.7 Å². The van der Waals surface area contributed by atoms with E-state index in [0.717, 1.165) is 0 Å². The summed E-state index contributed by atoms with van der Waals surface area (Å²) in [5, 5.41) is 6.84. The molecule has 0 saturated carbocycles. The Labute approximate surface area is 97.2 Å². The van der Waals surface area contributed by atoms with Gasteiger partial charge in [-0.3, -0.25) is 0 Å². The summed E-state index contributed by atoms with van der Waals surface area (Å²) < 4.78 is 43.7. The lowest BCUT2D eigenvalue weighted by Crippen LogP contribution is -1.94. The standard InChI is InChI=1S/C10H3F3N4O/c11-5-2-7(13)6(12)1-4(5)8-3-14-9-10(15-8)17-18-16-9/h1-3H. The molecule has 5 nitrogen and oxygen atoms in total. The second-order valence-corrected chi connectivity index (χ2v) is 3.41. The lowest BCUT2D eigenvalue weighted by Gasteiger charge is -2.02. The maximum atomic E-state index is 13.5. The highest BCUT2D eigenvalue weighted by molar-refractivity contribution is 5.69. The molecule has 2 heterocycles. The summed E-state index contributed by atoms with van der Waals surface area (Å²) in [6.07, 6.45) is 1.17. The summed E-state index contributed by atoms with van der Waals surface area (Å²) in [6, 6.07) is 1.14. The first-order chi connectivity index (χ1) is 8.65. The number of nitrogens with zero attached hydrogens (tertiary/aromatic N) is 4. The van der Waals surface area contributed by atoms with Crippen molar-refractivity contribution in [2.75, 3.05) is 0 Å². The molecule has 3 aromatic rings. The smallest absolute Gasteiger partial charge is 0.240 e. The van der Waals surface area contributed by atoms with Crippen molar-refractivity contribution in [3.8, 4) is 11.3 Å². The van der Waals surface area contributed by atoms with Crippen LogP contribution in [0, 0.1) is 17.5 Å². The van der Waals surface area contributed by atoms with Crippen LogP contribution in [0.1, 0.15) is 0 Å². The Morgan fingerprint density at radius 3 is 2.44 bits per heavy atom. The van der Waals surface area contributed by atoms with Gasteiger partial charge >= 0.3 is 0 Å². The molecule has 0 radical (unpaired) electrons. The number of benzene rings is 1. The molecule has 0 aliphatic carbocycles. The Balaban J connectivity index is 2.21. The van der Waals surface area contributed by atoms with Crippen LogP contribution in [-0.2, 0) is 0 Å². The first-order valence-corrected chi connectivity index (χ1v) is 4.75. The van der Waals surface area contributed by atoms with E-state index in [-0.39, 0.29) is 22.6 Å². The van der Waals surface area contributed by atoms with Crippen LogP contribution in [-0.4, -0.2) is 20.3 Å². The van der Waals surface area contributed by atoms with E-state index in [1.165, 1.54) is 6.20 Å². The molecule has 90 valence electrons. The molecule has 0 atom stereocenters. The quantitative estimate of drug-likeness (QED) is 0.620. The molecule has 2 aromatic heterocycles. The first kappa shape index (κ1) is 10.6. The minimum absolute atomic E-state index is 0.00889. The van der Waals surface area contributed by atoms with Gasteiger partial charge in [-0.05, 0) is 16.4 Å². The minimum Gasteiger partial charge on any atom is -0.240 e. The van der Waals surface area contributed by atoms with E-state index in [2.05, 4.69) is 24.9 Å². The van der Waals surface area contributed by atoms with Crippen molar-refractivity contribution < 1.29 is 17.8 Å². The fourth-order valence-electron chi connectivity index (χ4n) is 1.44. The predicted molar refractivity (Wildman–Crippen MR) is 52.7 cm³/mol. The monoisotopic (exact) mass is 252 g/mol. The fourth-order valence-corrected chi connectivity index (χ4v) is 1.44. The molecule has 0 N–H and O–H groups in total. The molecule has 3 rings (SSSR count). The van der Waals surface area contributed by atoms with E-state index < -0.39 is 17.5 Å². The number of hydrogen-bond acceptors (Lipinski definition) is 5. The molecule has 8 heteroatoms. The second-order valence-electron chi connectivity index (χ2n) is 3.41. The van der Waals surface area contributed by atoms with Crippen molar-refractivity contribution in [2.45, 2.75) is 0 Å². The Kier molecular flexibility index (Phi) is 2.22. The summed E-state index contributed by atoms with van der Waals surface area (Å²) in [4.78, 5) is 7.68. The third kappa shape index (κ3) is 1.58. The Morgan fingerprint density at radius 2 is 1.61 bits per heavy atom. The highest BCUT2D eigenvalue weighted by Gasteiger charge is 2.14. The lowest BCUT2D eigenvalue weighted by atomic mass is 10.1. The predicted octanol–water partition coefficient (Wildman–Crippen LogP) is 2.10. The Hall–Kier alpha value is -2.51. The van der Waals surface area contributed by atoms with Crippen LogP contribution in [0.4, 0.5) is 13.2 Å². The molecule has 0 bridgehead atoms. The van der Waals surface area contributed by atoms with Crippen LogP contribution in [0.3, 0.4) is 0 Å². The van der Waals surface area contributed by atoms with E-state index >= 15 is 0 Å². The van der Waals surface area contributed by atoms with Crippen LogP contribution in [0.15, 0.2) is 23.0 Å². The summed E-state index contributed by atoms with van der Waals surface area (Å²) >= 11 is 0.